The maximum atomic E-state index is 2.30. The first-order valence-corrected chi connectivity index (χ1v) is 6.61. The van der Waals surface area contributed by atoms with Gasteiger partial charge in [0.1, 0.15) is 0 Å². The summed E-state index contributed by atoms with van der Waals surface area (Å²) in [5, 5.41) is 3.06. The van der Waals surface area contributed by atoms with Gasteiger partial charge in [0.2, 0.25) is 0 Å². The number of rotatable bonds is 2. The van der Waals surface area contributed by atoms with Crippen molar-refractivity contribution in [3.63, 3.8) is 0 Å². The zero-order valence-electron chi connectivity index (χ0n) is 4.62. The Balaban J connectivity index is 0. The Morgan fingerprint density at radius 3 is 1.50 bits per heavy atom. The van der Waals surface area contributed by atoms with Gasteiger partial charge in [0.25, 0.3) is 0 Å². The molecule has 0 aliphatic heterocycles. The molecule has 0 saturated carbocycles. The van der Waals surface area contributed by atoms with E-state index >= 15 is 0 Å². The fraction of sp³-hybridized carbons (Fsp3) is 1.00. The van der Waals surface area contributed by atoms with Crippen LogP contribution in [0.15, 0.2) is 0 Å². The molecule has 1 nitrogen and oxygen atoms in total. The van der Waals surface area contributed by atoms with Gasteiger partial charge in [0.05, 0.1) is 0 Å². The number of hydrogen-bond donors (Lipinski definition) is 0. The molecule has 0 radical (unpaired) electrons. The van der Waals surface area contributed by atoms with E-state index in [1.807, 2.05) is 0 Å². The van der Waals surface area contributed by atoms with E-state index in [9.17, 15) is 0 Å². The third-order valence-corrected chi connectivity index (χ3v) is 3.67. The van der Waals surface area contributed by atoms with Crippen molar-refractivity contribution in [2.45, 2.75) is 23.9 Å². The van der Waals surface area contributed by atoms with Gasteiger partial charge in [0.15, 0.2) is 0 Å². The van der Waals surface area contributed by atoms with E-state index in [0.29, 0.717) is 0 Å². The Morgan fingerprint density at radius 2 is 1.50 bits per heavy atom. The zero-order valence-corrected chi connectivity index (χ0v) is 7.59. The van der Waals surface area contributed by atoms with Gasteiger partial charge in [-0.3, -0.25) is 0 Å². The molecule has 0 heterocycles. The van der Waals surface area contributed by atoms with E-state index in [1.165, 1.54) is 10.0 Å². The number of hydrogen-bond acceptors (Lipinski definition) is 0. The molecule has 0 aliphatic rings. The van der Waals surface area contributed by atoms with Crippen LogP contribution < -0.4 is 0 Å². The molecule has 2 N–H and O–H groups in total. The molecule has 36 valence electrons. The molecule has 0 aliphatic carbocycles. The molecule has 0 atom stereocenters. The maximum absolute atomic E-state index is 2.30. The summed E-state index contributed by atoms with van der Waals surface area (Å²) in [5.74, 6) is 0. The van der Waals surface area contributed by atoms with Crippen LogP contribution in [0.3, 0.4) is 0 Å². The first-order valence-electron chi connectivity index (χ1n) is 2.41. The predicted octanol–water partition coefficient (Wildman–Crippen LogP) is 1.12. The van der Waals surface area contributed by atoms with Crippen LogP contribution in [0.2, 0.25) is 10.0 Å². The van der Waals surface area contributed by atoms with Crippen LogP contribution in [0.1, 0.15) is 13.8 Å². The molecule has 0 rings (SSSR count). The standard InChI is InChI=1S/2C2H5.H2O.Zn/c2*1-2;;/h2*1H2,2H3;1H2;. The van der Waals surface area contributed by atoms with E-state index in [1.54, 1.807) is 0 Å². The molecule has 0 amide bonds. The summed E-state index contributed by atoms with van der Waals surface area (Å²) in [5.41, 5.74) is 0. The Labute approximate surface area is 47.0 Å². The van der Waals surface area contributed by atoms with Crippen molar-refractivity contribution in [2.75, 3.05) is 0 Å². The van der Waals surface area contributed by atoms with Crippen LogP contribution in [0, 0.1) is 0 Å². The molecule has 0 spiro atoms. The Morgan fingerprint density at radius 1 is 1.17 bits per heavy atom. The van der Waals surface area contributed by atoms with Gasteiger partial charge in [-0.15, -0.1) is 0 Å². The first kappa shape index (κ1) is 9.77. The summed E-state index contributed by atoms with van der Waals surface area (Å²) < 4.78 is 0. The van der Waals surface area contributed by atoms with Crippen molar-refractivity contribution in [1.29, 1.82) is 0 Å². The molecule has 0 saturated heterocycles. The Hall–Kier alpha value is 0.583. The van der Waals surface area contributed by atoms with E-state index < -0.39 is 0 Å². The van der Waals surface area contributed by atoms with Gasteiger partial charge in [-0.25, -0.2) is 0 Å². The summed E-state index contributed by atoms with van der Waals surface area (Å²) in [4.78, 5) is 0. The van der Waals surface area contributed by atoms with Crippen LogP contribution in [-0.2, 0) is 17.1 Å². The van der Waals surface area contributed by atoms with Crippen LogP contribution in [0.5, 0.6) is 0 Å². The van der Waals surface area contributed by atoms with E-state index in [-0.39, 0.29) is 22.6 Å². The second kappa shape index (κ2) is 9.13. The summed E-state index contributed by atoms with van der Waals surface area (Å²) in [6.45, 7) is 4.59. The fourth-order valence-electron chi connectivity index (χ4n) is 0.354. The van der Waals surface area contributed by atoms with Gasteiger partial charge in [-0.2, -0.15) is 0 Å². The quantitative estimate of drug-likeness (QED) is 0.516. The molecule has 0 bridgehead atoms. The summed E-state index contributed by atoms with van der Waals surface area (Å²) >= 11 is 0.0972. The van der Waals surface area contributed by atoms with E-state index in [2.05, 4.69) is 13.8 Å². The Kier molecular flexibility index (Phi) is 14.9. The van der Waals surface area contributed by atoms with Gasteiger partial charge < -0.3 is 5.48 Å². The van der Waals surface area contributed by atoms with Crippen molar-refractivity contribution in [3.05, 3.63) is 0 Å². The normalized spacial score (nSPS) is 5.67. The minimum Gasteiger partial charge on any atom is -0.412 e. The molecule has 0 aromatic carbocycles. The molecule has 0 fully saturated rings. The third kappa shape index (κ3) is 8.82. The summed E-state index contributed by atoms with van der Waals surface area (Å²) in [6, 6.07) is 0. The minimum absolute atomic E-state index is 0. The van der Waals surface area contributed by atoms with Crippen LogP contribution in [0.25, 0.3) is 0 Å². The predicted molar refractivity (Wildman–Crippen MR) is 24.6 cm³/mol. The molecule has 0 aromatic rings. The first-order chi connectivity index (χ1) is 2.41. The smallest absolute Gasteiger partial charge is 0.412 e. The summed E-state index contributed by atoms with van der Waals surface area (Å²) in [6.07, 6.45) is 0. The molecule has 0 unspecified atom stereocenters. The van der Waals surface area contributed by atoms with Gasteiger partial charge in [-0.05, 0) is 0 Å². The fourth-order valence-corrected chi connectivity index (χ4v) is 1.84. The van der Waals surface area contributed by atoms with Gasteiger partial charge in [0, 0.05) is 0 Å². The third-order valence-electron chi connectivity index (χ3n) is 0.707. The van der Waals surface area contributed by atoms with Crippen molar-refractivity contribution in [1.82, 2.24) is 0 Å². The van der Waals surface area contributed by atoms with Crippen LogP contribution in [0.4, 0.5) is 0 Å². The monoisotopic (exact) mass is 140 g/mol. The average Bonchev–Trinajstić information content (AvgIpc) is 1.41. The van der Waals surface area contributed by atoms with Crippen LogP contribution >= 0.6 is 0 Å². The molecular weight excluding hydrogens is 129 g/mol. The van der Waals surface area contributed by atoms with Crippen molar-refractivity contribution in [2.24, 2.45) is 0 Å². The van der Waals surface area contributed by atoms with E-state index in [4.69, 9.17) is 0 Å². The molecule has 6 heavy (non-hydrogen) atoms. The van der Waals surface area contributed by atoms with Crippen LogP contribution in [-0.4, -0.2) is 5.48 Å². The summed E-state index contributed by atoms with van der Waals surface area (Å²) in [7, 11) is 0. The van der Waals surface area contributed by atoms with Crippen molar-refractivity contribution < 1.29 is 22.6 Å². The minimum atomic E-state index is 0. The zero-order chi connectivity index (χ0) is 4.12. The largest absolute Gasteiger partial charge is 0.412 e. The molecule has 2 heteroatoms. The van der Waals surface area contributed by atoms with Crippen molar-refractivity contribution >= 4 is 0 Å². The van der Waals surface area contributed by atoms with E-state index in [0.717, 1.165) is 0 Å². The van der Waals surface area contributed by atoms with Gasteiger partial charge in [-0.1, -0.05) is 0 Å². The SMILES string of the molecule is C[CH2][Zn][CH2]C.O. The average molecular weight is 142 g/mol. The molecule has 0 aromatic heterocycles. The van der Waals surface area contributed by atoms with Gasteiger partial charge >= 0.3 is 41.0 Å². The topological polar surface area (TPSA) is 31.5 Å². The molecular formula is C4H12OZn. The maximum Gasteiger partial charge on any atom is -0.412 e. The Bertz CT molecular complexity index is 15.0. The second-order valence-electron chi connectivity index (χ2n) is 1.35. The van der Waals surface area contributed by atoms with Crippen molar-refractivity contribution in [3.8, 4) is 0 Å². The second-order valence-corrected chi connectivity index (χ2v) is 7.03.